The van der Waals surface area contributed by atoms with E-state index in [1.165, 1.54) is 16.4 Å². The van der Waals surface area contributed by atoms with Crippen molar-refractivity contribution < 1.29 is 21.2 Å². The van der Waals surface area contributed by atoms with Crippen LogP contribution in [-0.4, -0.2) is 44.7 Å². The molecule has 0 saturated carbocycles. The van der Waals surface area contributed by atoms with E-state index in [0.29, 0.717) is 12.8 Å². The van der Waals surface area contributed by atoms with Crippen LogP contribution in [-0.2, 0) is 19.9 Å². The molecule has 0 aliphatic carbocycles. The fourth-order valence-corrected chi connectivity index (χ4v) is 6.40. The molecule has 22 heavy (non-hydrogen) atoms. The number of sulfone groups is 1. The van der Waals surface area contributed by atoms with E-state index in [-0.39, 0.29) is 22.4 Å². The summed E-state index contributed by atoms with van der Waals surface area (Å²) in [5, 5.41) is 0. The van der Waals surface area contributed by atoms with Crippen LogP contribution in [0.25, 0.3) is 0 Å². The van der Waals surface area contributed by atoms with Crippen LogP contribution in [0, 0.1) is 5.82 Å². The Morgan fingerprint density at radius 2 is 1.91 bits per heavy atom. The van der Waals surface area contributed by atoms with Crippen molar-refractivity contribution in [3.8, 4) is 0 Å². The standard InChI is InChI=1S/C14H20FNO4S2/c1-3-11(2)16(13-8-9-21(17,18)10-13)22(19,20)14-6-4-12(15)5-7-14/h4-7,11,13H,3,8-10H2,1-2H3/t11-,13+/m1/s1. The maximum atomic E-state index is 13.0. The van der Waals surface area contributed by atoms with E-state index in [0.717, 1.165) is 12.1 Å². The zero-order valence-electron chi connectivity index (χ0n) is 12.6. The number of sulfonamides is 1. The topological polar surface area (TPSA) is 71.5 Å². The van der Waals surface area contributed by atoms with Crippen LogP contribution in [0.1, 0.15) is 26.7 Å². The minimum atomic E-state index is -3.86. The molecule has 0 bridgehead atoms. The van der Waals surface area contributed by atoms with E-state index in [1.54, 1.807) is 6.92 Å². The van der Waals surface area contributed by atoms with Crippen molar-refractivity contribution in [1.29, 1.82) is 0 Å². The lowest BCUT2D eigenvalue weighted by Crippen LogP contribution is -2.46. The van der Waals surface area contributed by atoms with Crippen molar-refractivity contribution in [1.82, 2.24) is 4.31 Å². The highest BCUT2D eigenvalue weighted by atomic mass is 32.2. The minimum Gasteiger partial charge on any atom is -0.229 e. The average molecular weight is 349 g/mol. The van der Waals surface area contributed by atoms with Gasteiger partial charge in [-0.05, 0) is 44.0 Å². The van der Waals surface area contributed by atoms with Gasteiger partial charge in [0.1, 0.15) is 5.82 Å². The molecule has 1 aromatic rings. The van der Waals surface area contributed by atoms with Crippen LogP contribution in [0.15, 0.2) is 29.2 Å². The van der Waals surface area contributed by atoms with Gasteiger partial charge in [0.2, 0.25) is 10.0 Å². The molecular weight excluding hydrogens is 329 g/mol. The second-order valence-corrected chi connectivity index (χ2v) is 9.67. The van der Waals surface area contributed by atoms with E-state index in [4.69, 9.17) is 0 Å². The summed E-state index contributed by atoms with van der Waals surface area (Å²) in [5.74, 6) is -0.668. The third kappa shape index (κ3) is 3.49. The third-order valence-electron chi connectivity index (χ3n) is 3.98. The normalized spacial score (nSPS) is 22.8. The number of hydrogen-bond donors (Lipinski definition) is 0. The van der Waals surface area contributed by atoms with E-state index >= 15 is 0 Å². The van der Waals surface area contributed by atoms with Crippen molar-refractivity contribution in [2.75, 3.05) is 11.5 Å². The third-order valence-corrected chi connectivity index (χ3v) is 7.81. The summed E-state index contributed by atoms with van der Waals surface area (Å²) in [6.07, 6.45) is 0.865. The lowest BCUT2D eigenvalue weighted by molar-refractivity contribution is 0.271. The Morgan fingerprint density at radius 3 is 2.36 bits per heavy atom. The Labute approximate surface area is 131 Å². The summed E-state index contributed by atoms with van der Waals surface area (Å²) in [4.78, 5) is -0.0153. The molecule has 0 unspecified atom stereocenters. The molecule has 0 radical (unpaired) electrons. The maximum Gasteiger partial charge on any atom is 0.243 e. The van der Waals surface area contributed by atoms with Crippen molar-refractivity contribution in [3.63, 3.8) is 0 Å². The number of rotatable bonds is 5. The Balaban J connectivity index is 2.43. The molecule has 2 atom stereocenters. The number of nitrogens with zero attached hydrogens (tertiary/aromatic N) is 1. The van der Waals surface area contributed by atoms with Gasteiger partial charge in [-0.2, -0.15) is 4.31 Å². The van der Waals surface area contributed by atoms with Gasteiger partial charge in [-0.15, -0.1) is 0 Å². The molecule has 1 saturated heterocycles. The summed E-state index contributed by atoms with van der Waals surface area (Å²) in [6, 6.07) is 3.72. The fourth-order valence-electron chi connectivity index (χ4n) is 2.68. The molecule has 1 aromatic carbocycles. The Bertz CT molecular complexity index is 729. The molecule has 1 aliphatic rings. The smallest absolute Gasteiger partial charge is 0.229 e. The van der Waals surface area contributed by atoms with Gasteiger partial charge in [-0.1, -0.05) is 6.92 Å². The SMILES string of the molecule is CC[C@@H](C)N([C@H]1CCS(=O)(=O)C1)S(=O)(=O)c1ccc(F)cc1. The molecule has 124 valence electrons. The highest BCUT2D eigenvalue weighted by Crippen LogP contribution is 2.28. The zero-order chi connectivity index (χ0) is 16.5. The lowest BCUT2D eigenvalue weighted by Gasteiger charge is -2.32. The Hall–Kier alpha value is -0.990. The first-order valence-corrected chi connectivity index (χ1v) is 10.4. The highest BCUT2D eigenvalue weighted by molar-refractivity contribution is 7.92. The molecule has 5 nitrogen and oxygen atoms in total. The molecule has 1 aliphatic heterocycles. The molecule has 0 spiro atoms. The number of benzene rings is 1. The Morgan fingerprint density at radius 1 is 1.32 bits per heavy atom. The van der Waals surface area contributed by atoms with Crippen molar-refractivity contribution in [3.05, 3.63) is 30.1 Å². The first-order chi connectivity index (χ1) is 10.2. The van der Waals surface area contributed by atoms with Gasteiger partial charge in [0.25, 0.3) is 0 Å². The maximum absolute atomic E-state index is 13.0. The minimum absolute atomic E-state index is 0.00351. The molecule has 1 heterocycles. The van der Waals surface area contributed by atoms with Crippen molar-refractivity contribution in [2.24, 2.45) is 0 Å². The van der Waals surface area contributed by atoms with Crippen LogP contribution >= 0.6 is 0 Å². The van der Waals surface area contributed by atoms with E-state index < -0.39 is 31.7 Å². The first-order valence-electron chi connectivity index (χ1n) is 7.17. The number of halogens is 1. The molecule has 0 aromatic heterocycles. The van der Waals surface area contributed by atoms with Gasteiger partial charge in [0.05, 0.1) is 16.4 Å². The summed E-state index contributed by atoms with van der Waals surface area (Å²) in [5.41, 5.74) is 0. The van der Waals surface area contributed by atoms with E-state index in [2.05, 4.69) is 0 Å². The fraction of sp³-hybridized carbons (Fsp3) is 0.571. The first kappa shape index (κ1) is 17.4. The molecule has 2 rings (SSSR count). The molecule has 0 N–H and O–H groups in total. The second-order valence-electron chi connectivity index (χ2n) is 5.60. The van der Waals surface area contributed by atoms with Crippen LogP contribution < -0.4 is 0 Å². The van der Waals surface area contributed by atoms with Gasteiger partial charge in [0, 0.05) is 12.1 Å². The summed E-state index contributed by atoms with van der Waals surface area (Å²) < 4.78 is 63.4. The highest BCUT2D eigenvalue weighted by Gasteiger charge is 2.40. The van der Waals surface area contributed by atoms with E-state index in [1.807, 2.05) is 6.92 Å². The largest absolute Gasteiger partial charge is 0.243 e. The summed E-state index contributed by atoms with van der Waals surface area (Å²) in [6.45, 7) is 3.60. The van der Waals surface area contributed by atoms with Crippen molar-refractivity contribution in [2.45, 2.75) is 43.7 Å². The van der Waals surface area contributed by atoms with Gasteiger partial charge in [0.15, 0.2) is 9.84 Å². The number of hydrogen-bond acceptors (Lipinski definition) is 4. The molecule has 0 amide bonds. The monoisotopic (exact) mass is 349 g/mol. The summed E-state index contributed by atoms with van der Waals surface area (Å²) in [7, 11) is -7.06. The van der Waals surface area contributed by atoms with Gasteiger partial charge < -0.3 is 0 Å². The van der Waals surface area contributed by atoms with Gasteiger partial charge >= 0.3 is 0 Å². The van der Waals surface area contributed by atoms with E-state index in [9.17, 15) is 21.2 Å². The molecule has 8 heteroatoms. The predicted octanol–water partition coefficient (Wildman–Crippen LogP) is 1.80. The Kier molecular flexibility index (Phi) is 4.93. The van der Waals surface area contributed by atoms with Crippen molar-refractivity contribution >= 4 is 19.9 Å². The molecular formula is C14H20FNO4S2. The van der Waals surface area contributed by atoms with Gasteiger partial charge in [-0.25, -0.2) is 21.2 Å². The van der Waals surface area contributed by atoms with Crippen LogP contribution in [0.5, 0.6) is 0 Å². The zero-order valence-corrected chi connectivity index (χ0v) is 14.2. The van der Waals surface area contributed by atoms with Crippen LogP contribution in [0.2, 0.25) is 0 Å². The molecule has 1 fully saturated rings. The predicted molar refractivity (Wildman–Crippen MR) is 82.2 cm³/mol. The second kappa shape index (κ2) is 6.25. The summed E-state index contributed by atoms with van der Waals surface area (Å²) >= 11 is 0. The average Bonchev–Trinajstić information content (AvgIpc) is 2.78. The lowest BCUT2D eigenvalue weighted by atomic mass is 10.2. The van der Waals surface area contributed by atoms with Crippen LogP contribution in [0.4, 0.5) is 4.39 Å². The van der Waals surface area contributed by atoms with Gasteiger partial charge in [-0.3, -0.25) is 0 Å². The van der Waals surface area contributed by atoms with Crippen LogP contribution in [0.3, 0.4) is 0 Å². The quantitative estimate of drug-likeness (QED) is 0.813.